The van der Waals surface area contributed by atoms with Crippen molar-refractivity contribution in [2.45, 2.75) is 64.2 Å². The molecular formula is C35H40FN9O2. The average molecular weight is 638 g/mol. The number of hydrogen-bond donors (Lipinski definition) is 2. The number of anilines is 1. The minimum atomic E-state index is -0.534. The van der Waals surface area contributed by atoms with E-state index in [0.29, 0.717) is 60.2 Å². The smallest absolute Gasteiger partial charge is 0.264 e. The number of rotatable bonds is 7. The van der Waals surface area contributed by atoms with Crippen LogP contribution in [0.25, 0.3) is 22.3 Å². The van der Waals surface area contributed by atoms with Crippen LogP contribution in [0.2, 0.25) is 0 Å². The van der Waals surface area contributed by atoms with E-state index in [9.17, 15) is 10.1 Å². The molecule has 2 aliphatic rings. The van der Waals surface area contributed by atoms with E-state index in [1.54, 1.807) is 39.9 Å². The molecule has 4 heterocycles. The van der Waals surface area contributed by atoms with Crippen molar-refractivity contribution in [2.75, 3.05) is 31.9 Å². The van der Waals surface area contributed by atoms with E-state index in [4.69, 9.17) is 15.6 Å². The van der Waals surface area contributed by atoms with Gasteiger partial charge in [0, 0.05) is 55.4 Å². The van der Waals surface area contributed by atoms with E-state index in [1.807, 2.05) is 32.0 Å². The normalized spacial score (nSPS) is 21.1. The minimum absolute atomic E-state index is 0.117. The van der Waals surface area contributed by atoms with Crippen LogP contribution in [0, 0.1) is 17.1 Å². The second-order valence-corrected chi connectivity index (χ2v) is 13.0. The summed E-state index contributed by atoms with van der Waals surface area (Å²) in [6.45, 7) is 10.9. The highest BCUT2D eigenvalue weighted by Crippen LogP contribution is 2.36. The van der Waals surface area contributed by atoms with Gasteiger partial charge in [-0.3, -0.25) is 9.69 Å². The fourth-order valence-corrected chi connectivity index (χ4v) is 6.73. The van der Waals surface area contributed by atoms with Crippen molar-refractivity contribution in [1.82, 2.24) is 34.9 Å². The van der Waals surface area contributed by atoms with Gasteiger partial charge in [0.25, 0.3) is 5.91 Å². The zero-order valence-electron chi connectivity index (χ0n) is 27.2. The Kier molecular flexibility index (Phi) is 8.94. The van der Waals surface area contributed by atoms with Crippen molar-refractivity contribution >= 4 is 22.8 Å². The highest BCUT2D eigenvalue weighted by atomic mass is 19.1. The van der Waals surface area contributed by atoms with E-state index in [1.165, 1.54) is 12.4 Å². The predicted octanol–water partition coefficient (Wildman–Crippen LogP) is 5.08. The molecule has 2 aliphatic heterocycles. The van der Waals surface area contributed by atoms with Crippen molar-refractivity contribution in [3.8, 4) is 28.8 Å². The minimum Gasteiger partial charge on any atom is -0.457 e. The van der Waals surface area contributed by atoms with E-state index in [0.717, 1.165) is 13.1 Å². The van der Waals surface area contributed by atoms with Crippen molar-refractivity contribution in [1.29, 1.82) is 5.26 Å². The molecule has 244 valence electrons. The van der Waals surface area contributed by atoms with Crippen molar-refractivity contribution < 1.29 is 13.9 Å². The Bertz CT molecular complexity index is 1850. The first-order valence-electron chi connectivity index (χ1n) is 16.0. The van der Waals surface area contributed by atoms with E-state index < -0.39 is 11.4 Å². The van der Waals surface area contributed by atoms with Gasteiger partial charge in [-0.15, -0.1) is 0 Å². The number of likely N-dealkylation sites (tertiary alicyclic amines) is 1. The highest BCUT2D eigenvalue weighted by Gasteiger charge is 2.36. The van der Waals surface area contributed by atoms with Crippen molar-refractivity contribution in [3.63, 3.8) is 0 Å². The first-order chi connectivity index (χ1) is 22.6. The predicted molar refractivity (Wildman–Crippen MR) is 178 cm³/mol. The Labute approximate surface area is 273 Å². The first kappa shape index (κ1) is 32.1. The molecule has 6 rings (SSSR count). The van der Waals surface area contributed by atoms with Gasteiger partial charge in [0.15, 0.2) is 5.65 Å². The molecular weight excluding hydrogens is 597 g/mol. The zero-order valence-corrected chi connectivity index (χ0v) is 27.2. The number of fused-ring (bicyclic) bond motifs is 1. The Morgan fingerprint density at radius 1 is 1.15 bits per heavy atom. The summed E-state index contributed by atoms with van der Waals surface area (Å²) in [5.41, 5.74) is 6.93. The summed E-state index contributed by atoms with van der Waals surface area (Å²) in [6, 6.07) is 16.2. The molecule has 3 atom stereocenters. The van der Waals surface area contributed by atoms with Crippen molar-refractivity contribution in [3.05, 3.63) is 72.3 Å². The van der Waals surface area contributed by atoms with Crippen LogP contribution in [-0.4, -0.2) is 79.3 Å². The number of amides is 1. The van der Waals surface area contributed by atoms with Gasteiger partial charge in [-0.1, -0.05) is 18.2 Å². The zero-order chi connectivity index (χ0) is 33.3. The standard InChI is InChI=1S/C35H40FN9O2/c1-22-19-44(23(2)18-39-22)35(3,4)16-24(17-37)34(46)43-14-8-9-25(20-43)45-33-30(32(38)40-21-41-33)31(42-45)28-13-12-27(15-29(28)36)47-26-10-6-5-7-11-26/h5-7,10-13,15-16,21-23,25,39H,8-9,14,18-20H2,1-4H3,(H2,38,40,41)/t22-,23+,25-/m1/s1. The van der Waals surface area contributed by atoms with Crippen LogP contribution in [-0.2, 0) is 4.79 Å². The third-order valence-corrected chi connectivity index (χ3v) is 9.08. The molecule has 0 unspecified atom stereocenters. The highest BCUT2D eigenvalue weighted by molar-refractivity contribution is 5.99. The summed E-state index contributed by atoms with van der Waals surface area (Å²) in [4.78, 5) is 26.5. The number of piperazine rings is 1. The first-order valence-corrected chi connectivity index (χ1v) is 16.0. The second kappa shape index (κ2) is 13.1. The number of nitrogen functional groups attached to an aromatic ring is 1. The maximum absolute atomic E-state index is 15.7. The average Bonchev–Trinajstić information content (AvgIpc) is 3.45. The van der Waals surface area contributed by atoms with E-state index in [2.05, 4.69) is 40.1 Å². The maximum Gasteiger partial charge on any atom is 0.264 e. The summed E-state index contributed by atoms with van der Waals surface area (Å²) >= 11 is 0. The lowest BCUT2D eigenvalue weighted by Gasteiger charge is -2.46. The number of nitrogens with one attached hydrogen (secondary N) is 1. The monoisotopic (exact) mass is 637 g/mol. The number of nitriles is 1. The molecule has 12 heteroatoms. The number of aromatic nitrogens is 4. The van der Waals surface area contributed by atoms with Gasteiger partial charge in [-0.05, 0) is 70.9 Å². The van der Waals surface area contributed by atoms with Crippen LogP contribution in [0.5, 0.6) is 11.5 Å². The third kappa shape index (κ3) is 6.54. The molecule has 47 heavy (non-hydrogen) atoms. The Morgan fingerprint density at radius 2 is 1.94 bits per heavy atom. The van der Waals surface area contributed by atoms with Gasteiger partial charge in [0.1, 0.15) is 46.8 Å². The molecule has 0 aliphatic carbocycles. The number of carbonyl (C=O) groups is 1. The van der Waals surface area contributed by atoms with Crippen LogP contribution in [0.1, 0.15) is 46.6 Å². The molecule has 11 nitrogen and oxygen atoms in total. The number of piperidine rings is 1. The Morgan fingerprint density at radius 3 is 2.68 bits per heavy atom. The van der Waals surface area contributed by atoms with Gasteiger partial charge in [-0.25, -0.2) is 19.0 Å². The number of carbonyl (C=O) groups excluding carboxylic acids is 1. The fourth-order valence-electron chi connectivity index (χ4n) is 6.73. The Balaban J connectivity index is 1.28. The lowest BCUT2D eigenvalue weighted by atomic mass is 9.94. The molecule has 0 bridgehead atoms. The van der Waals surface area contributed by atoms with Crippen LogP contribution in [0.4, 0.5) is 10.2 Å². The SMILES string of the molecule is C[C@@H]1CN(C(C)(C)C=C(C#N)C(=O)N2CCC[C@@H](n3nc(-c4ccc(Oc5ccccc5)cc4F)c4c(N)ncnc43)C2)[C@@H](C)CN1. The van der Waals surface area contributed by atoms with Crippen molar-refractivity contribution in [2.24, 2.45) is 0 Å². The van der Waals surface area contributed by atoms with E-state index in [-0.39, 0.29) is 34.9 Å². The summed E-state index contributed by atoms with van der Waals surface area (Å²) in [6.07, 6.45) is 4.57. The lowest BCUT2D eigenvalue weighted by Crippen LogP contribution is -2.60. The molecule has 2 aromatic carbocycles. The molecule has 3 N–H and O–H groups in total. The topological polar surface area (TPSA) is 138 Å². The number of ether oxygens (including phenoxy) is 1. The molecule has 1 amide bonds. The second-order valence-electron chi connectivity index (χ2n) is 13.0. The molecule has 2 aromatic heterocycles. The molecule has 2 saturated heterocycles. The molecule has 0 radical (unpaired) electrons. The quantitative estimate of drug-likeness (QED) is 0.210. The maximum atomic E-state index is 15.7. The van der Waals surface area contributed by atoms with E-state index >= 15 is 4.39 Å². The Hall–Kier alpha value is -4.86. The molecule has 2 fully saturated rings. The summed E-state index contributed by atoms with van der Waals surface area (Å²) in [7, 11) is 0. The van der Waals surface area contributed by atoms with Gasteiger partial charge in [0.05, 0.1) is 11.4 Å². The molecule has 0 spiro atoms. The van der Waals surface area contributed by atoms with Gasteiger partial charge >= 0.3 is 0 Å². The lowest BCUT2D eigenvalue weighted by molar-refractivity contribution is -0.128. The van der Waals surface area contributed by atoms with Gasteiger partial charge < -0.3 is 20.7 Å². The number of benzene rings is 2. The number of para-hydroxylation sites is 1. The molecule has 0 saturated carbocycles. The number of nitrogens with zero attached hydrogens (tertiary/aromatic N) is 7. The van der Waals surface area contributed by atoms with Gasteiger partial charge in [0.2, 0.25) is 0 Å². The summed E-state index contributed by atoms with van der Waals surface area (Å²) < 4.78 is 23.2. The van der Waals surface area contributed by atoms with Crippen LogP contribution in [0.15, 0.2) is 66.5 Å². The number of nitrogens with two attached hydrogens (primary N) is 1. The number of hydrogen-bond acceptors (Lipinski definition) is 9. The summed E-state index contributed by atoms with van der Waals surface area (Å²) in [5.74, 6) is 0.268. The largest absolute Gasteiger partial charge is 0.457 e. The van der Waals surface area contributed by atoms with Gasteiger partial charge in [-0.2, -0.15) is 10.4 Å². The fraction of sp³-hybridized carbons (Fsp3) is 0.400. The number of halogens is 1. The third-order valence-electron chi connectivity index (χ3n) is 9.08. The summed E-state index contributed by atoms with van der Waals surface area (Å²) in [5, 5.41) is 18.9. The van der Waals surface area contributed by atoms with Crippen LogP contribution < -0.4 is 15.8 Å². The molecule has 4 aromatic rings. The van der Waals surface area contributed by atoms with Crippen LogP contribution in [0.3, 0.4) is 0 Å². The van der Waals surface area contributed by atoms with Crippen LogP contribution >= 0.6 is 0 Å².